The minimum Gasteiger partial charge on any atom is -0.264 e. The van der Waals surface area contributed by atoms with Gasteiger partial charge in [0, 0.05) is 8.07 Å². The van der Waals surface area contributed by atoms with Gasteiger partial charge in [0.2, 0.25) is 0 Å². The maximum atomic E-state index is 10.1. The second kappa shape index (κ2) is 3.66. The molecule has 0 rings (SSSR count). The highest BCUT2D eigenvalue weighted by atomic mass is 32.3. The van der Waals surface area contributed by atoms with Gasteiger partial charge in [0.25, 0.3) is 0 Å². The Morgan fingerprint density at radius 2 is 1.82 bits per heavy atom. The van der Waals surface area contributed by atoms with Crippen LogP contribution >= 0.6 is 0 Å². The molecule has 0 amide bonds. The summed E-state index contributed by atoms with van der Waals surface area (Å²) in [5.74, 6) is 0. The molecule has 0 saturated carbocycles. The predicted octanol–water partition coefficient (Wildman–Crippen LogP) is 1.14. The summed E-state index contributed by atoms with van der Waals surface area (Å²) in [6.07, 6.45) is 0. The summed E-state index contributed by atoms with van der Waals surface area (Å²) in [5.41, 5.74) is 0. The third-order valence-electron chi connectivity index (χ3n) is 1.08. The minimum absolute atomic E-state index is 0.0918. The summed E-state index contributed by atoms with van der Waals surface area (Å²) in [4.78, 5) is 0. The lowest BCUT2D eigenvalue weighted by Gasteiger charge is -2.13. The predicted molar refractivity (Wildman–Crippen MR) is 45.7 cm³/mol. The molecule has 4 nitrogen and oxygen atoms in total. The Labute approximate surface area is 68.5 Å². The Morgan fingerprint density at radius 1 is 1.36 bits per heavy atom. The van der Waals surface area contributed by atoms with Crippen molar-refractivity contribution >= 4 is 18.5 Å². The highest BCUT2D eigenvalue weighted by Gasteiger charge is 2.14. The zero-order valence-electron chi connectivity index (χ0n) is 6.99. The molecule has 0 aromatic carbocycles. The maximum absolute atomic E-state index is 10.1. The molecule has 68 valence electrons. The van der Waals surface area contributed by atoms with Crippen LogP contribution in [-0.4, -0.2) is 27.7 Å². The standard InChI is InChI=1S/C5H14O4SSi/c1-11(2,3)5-4-9-10(6,7)8/h4-5H2,1-3H3,(H,6,7,8). The summed E-state index contributed by atoms with van der Waals surface area (Å²) in [6.45, 7) is 6.38. The van der Waals surface area contributed by atoms with Crippen molar-refractivity contribution in [2.75, 3.05) is 6.61 Å². The van der Waals surface area contributed by atoms with Crippen LogP contribution in [0.5, 0.6) is 0 Å². The van der Waals surface area contributed by atoms with Crippen LogP contribution in [0, 0.1) is 0 Å². The zero-order valence-corrected chi connectivity index (χ0v) is 8.81. The molecule has 0 aliphatic heterocycles. The molecule has 0 heterocycles. The fraction of sp³-hybridized carbons (Fsp3) is 1.00. The molecule has 0 aromatic heterocycles. The molecule has 0 unspecified atom stereocenters. The molecule has 0 bridgehead atoms. The Bertz CT molecular complexity index is 203. The normalized spacial score (nSPS) is 13.5. The molecule has 0 aliphatic carbocycles. The van der Waals surface area contributed by atoms with Gasteiger partial charge in [-0.15, -0.1) is 0 Å². The van der Waals surface area contributed by atoms with Crippen molar-refractivity contribution in [2.45, 2.75) is 25.7 Å². The van der Waals surface area contributed by atoms with Crippen molar-refractivity contribution in [3.05, 3.63) is 0 Å². The molecule has 0 aliphatic rings. The van der Waals surface area contributed by atoms with Gasteiger partial charge in [0.15, 0.2) is 0 Å². The van der Waals surface area contributed by atoms with Crippen LogP contribution in [-0.2, 0) is 14.6 Å². The van der Waals surface area contributed by atoms with Gasteiger partial charge in [-0.05, 0) is 6.04 Å². The molecule has 11 heavy (non-hydrogen) atoms. The maximum Gasteiger partial charge on any atom is 0.397 e. The quantitative estimate of drug-likeness (QED) is 0.543. The van der Waals surface area contributed by atoms with E-state index in [1.54, 1.807) is 0 Å². The molecule has 0 aromatic rings. The van der Waals surface area contributed by atoms with Crippen molar-refractivity contribution in [3.8, 4) is 0 Å². The molecule has 0 spiro atoms. The topological polar surface area (TPSA) is 63.6 Å². The first-order valence-corrected chi connectivity index (χ1v) is 8.40. The highest BCUT2D eigenvalue weighted by Crippen LogP contribution is 2.08. The lowest BCUT2D eigenvalue weighted by Crippen LogP contribution is -2.22. The summed E-state index contributed by atoms with van der Waals surface area (Å²) in [6, 6.07) is 0.729. The van der Waals surface area contributed by atoms with E-state index in [1.165, 1.54) is 0 Å². The molecular formula is C5H14O4SSi. The van der Waals surface area contributed by atoms with E-state index in [9.17, 15) is 8.42 Å². The Hall–Kier alpha value is 0.0869. The molecule has 0 saturated heterocycles. The average molecular weight is 198 g/mol. The molecule has 0 atom stereocenters. The summed E-state index contributed by atoms with van der Waals surface area (Å²) < 4.78 is 32.5. The Balaban J connectivity index is 3.61. The molecule has 6 heteroatoms. The minimum atomic E-state index is -4.22. The largest absolute Gasteiger partial charge is 0.397 e. The lowest BCUT2D eigenvalue weighted by atomic mass is 10.9. The zero-order chi connectivity index (χ0) is 9.12. The fourth-order valence-corrected chi connectivity index (χ4v) is 1.61. The lowest BCUT2D eigenvalue weighted by molar-refractivity contribution is 0.282. The Kier molecular flexibility index (Phi) is 3.69. The van der Waals surface area contributed by atoms with E-state index >= 15 is 0 Å². The number of hydrogen-bond donors (Lipinski definition) is 1. The second-order valence-corrected chi connectivity index (χ2v) is 10.3. The van der Waals surface area contributed by atoms with Crippen molar-refractivity contribution in [3.63, 3.8) is 0 Å². The van der Waals surface area contributed by atoms with E-state index in [0.717, 1.165) is 6.04 Å². The van der Waals surface area contributed by atoms with Crippen LogP contribution in [0.15, 0.2) is 0 Å². The molecule has 1 N–H and O–H groups in total. The first-order valence-electron chi connectivity index (χ1n) is 3.32. The summed E-state index contributed by atoms with van der Waals surface area (Å²) >= 11 is 0. The summed E-state index contributed by atoms with van der Waals surface area (Å²) in [7, 11) is -5.48. The smallest absolute Gasteiger partial charge is 0.264 e. The third kappa shape index (κ3) is 10.1. The van der Waals surface area contributed by atoms with Gasteiger partial charge in [-0.25, -0.2) is 4.18 Å². The van der Waals surface area contributed by atoms with Gasteiger partial charge >= 0.3 is 10.4 Å². The highest BCUT2D eigenvalue weighted by molar-refractivity contribution is 7.80. The van der Waals surface area contributed by atoms with Gasteiger partial charge in [-0.1, -0.05) is 19.6 Å². The Morgan fingerprint density at radius 3 is 2.09 bits per heavy atom. The van der Waals surface area contributed by atoms with Crippen molar-refractivity contribution in [1.29, 1.82) is 0 Å². The second-order valence-electron chi connectivity index (χ2n) is 3.56. The van der Waals surface area contributed by atoms with E-state index in [2.05, 4.69) is 23.8 Å². The van der Waals surface area contributed by atoms with Crippen molar-refractivity contribution in [2.24, 2.45) is 0 Å². The SMILES string of the molecule is C[Si](C)(C)CCOS(=O)(=O)O. The van der Waals surface area contributed by atoms with Gasteiger partial charge in [-0.2, -0.15) is 8.42 Å². The summed E-state index contributed by atoms with van der Waals surface area (Å²) in [5, 5.41) is 0. The van der Waals surface area contributed by atoms with E-state index in [4.69, 9.17) is 4.55 Å². The van der Waals surface area contributed by atoms with Gasteiger partial charge < -0.3 is 0 Å². The van der Waals surface area contributed by atoms with Crippen LogP contribution in [0.3, 0.4) is 0 Å². The van der Waals surface area contributed by atoms with E-state index < -0.39 is 18.5 Å². The van der Waals surface area contributed by atoms with Crippen LogP contribution in [0.2, 0.25) is 25.7 Å². The van der Waals surface area contributed by atoms with Gasteiger partial charge in [0.05, 0.1) is 6.61 Å². The van der Waals surface area contributed by atoms with Crippen LogP contribution in [0.25, 0.3) is 0 Å². The number of hydrogen-bond acceptors (Lipinski definition) is 3. The van der Waals surface area contributed by atoms with Gasteiger partial charge in [-0.3, -0.25) is 4.55 Å². The van der Waals surface area contributed by atoms with Gasteiger partial charge in [0.1, 0.15) is 0 Å². The third-order valence-corrected chi connectivity index (χ3v) is 3.25. The van der Waals surface area contributed by atoms with Crippen molar-refractivity contribution < 1.29 is 17.2 Å². The van der Waals surface area contributed by atoms with Crippen LogP contribution < -0.4 is 0 Å². The molecule has 0 radical (unpaired) electrons. The molecular weight excluding hydrogens is 184 g/mol. The number of rotatable bonds is 4. The monoisotopic (exact) mass is 198 g/mol. The van der Waals surface area contributed by atoms with E-state index in [0.29, 0.717) is 0 Å². The van der Waals surface area contributed by atoms with Crippen LogP contribution in [0.4, 0.5) is 0 Å². The fourth-order valence-electron chi connectivity index (χ4n) is 0.453. The van der Waals surface area contributed by atoms with E-state index in [-0.39, 0.29) is 6.61 Å². The molecule has 0 fully saturated rings. The average Bonchev–Trinajstić information content (AvgIpc) is 1.55. The van der Waals surface area contributed by atoms with E-state index in [1.807, 2.05) is 0 Å². The van der Waals surface area contributed by atoms with Crippen LogP contribution in [0.1, 0.15) is 0 Å². The first kappa shape index (κ1) is 11.1. The first-order chi connectivity index (χ1) is 4.71. The van der Waals surface area contributed by atoms with Crippen molar-refractivity contribution in [1.82, 2.24) is 0 Å².